The smallest absolute Gasteiger partial charge is 0.245 e. The molecule has 1 unspecified atom stereocenters. The fraction of sp³-hybridized carbons (Fsp3) is 0.316. The van der Waals surface area contributed by atoms with Crippen LogP contribution in [0, 0.1) is 0 Å². The van der Waals surface area contributed by atoms with Gasteiger partial charge in [-0.1, -0.05) is 18.2 Å². The van der Waals surface area contributed by atoms with Crippen LogP contribution >= 0.6 is 0 Å². The van der Waals surface area contributed by atoms with Crippen LogP contribution in [0.25, 0.3) is 10.9 Å². The molecule has 146 valence electrons. The predicted octanol–water partition coefficient (Wildman–Crippen LogP) is 1.93. The molecule has 2 aromatic heterocycles. The maximum Gasteiger partial charge on any atom is 0.245 e. The number of para-hydroxylation sites is 1. The lowest BCUT2D eigenvalue weighted by Gasteiger charge is -2.18. The third-order valence-electron chi connectivity index (χ3n) is 4.69. The van der Waals surface area contributed by atoms with Crippen LogP contribution in [0.15, 0.2) is 53.6 Å². The molecule has 28 heavy (non-hydrogen) atoms. The first-order valence-corrected chi connectivity index (χ1v) is 10.4. The van der Waals surface area contributed by atoms with Crippen LogP contribution in [0.4, 0.5) is 5.82 Å². The monoisotopic (exact) mass is 399 g/mol. The summed E-state index contributed by atoms with van der Waals surface area (Å²) in [6.45, 7) is 0.655. The molecule has 0 radical (unpaired) electrons. The van der Waals surface area contributed by atoms with Crippen LogP contribution in [0.1, 0.15) is 6.42 Å². The Kier molecular flexibility index (Phi) is 4.86. The average molecular weight is 399 g/mol. The van der Waals surface area contributed by atoms with Crippen molar-refractivity contribution in [2.24, 2.45) is 0 Å². The molecule has 0 amide bonds. The van der Waals surface area contributed by atoms with Crippen molar-refractivity contribution in [1.82, 2.24) is 19.5 Å². The summed E-state index contributed by atoms with van der Waals surface area (Å²) in [5.41, 5.74) is 0.486. The number of hydrogen-bond acceptors (Lipinski definition) is 7. The zero-order valence-electron chi connectivity index (χ0n) is 15.7. The number of pyridine rings is 1. The summed E-state index contributed by atoms with van der Waals surface area (Å²) in [5.74, 6) is 1.12. The maximum absolute atomic E-state index is 13.2. The first kappa shape index (κ1) is 18.6. The molecule has 9 heteroatoms. The Morgan fingerprint density at radius 1 is 1.11 bits per heavy atom. The van der Waals surface area contributed by atoms with Crippen LogP contribution in [0.2, 0.25) is 0 Å². The first-order valence-electron chi connectivity index (χ1n) is 8.97. The molecule has 0 saturated carbocycles. The highest BCUT2D eigenvalue weighted by Crippen LogP contribution is 2.27. The summed E-state index contributed by atoms with van der Waals surface area (Å²) in [5, 5.41) is 8.94. The van der Waals surface area contributed by atoms with Crippen molar-refractivity contribution < 1.29 is 13.2 Å². The fourth-order valence-corrected chi connectivity index (χ4v) is 4.87. The van der Waals surface area contributed by atoms with E-state index >= 15 is 0 Å². The van der Waals surface area contributed by atoms with E-state index in [1.807, 2.05) is 37.2 Å². The summed E-state index contributed by atoms with van der Waals surface area (Å²) in [4.78, 5) is 6.34. The summed E-state index contributed by atoms with van der Waals surface area (Å²) in [6, 6.07) is 12.4. The van der Waals surface area contributed by atoms with Crippen molar-refractivity contribution >= 4 is 26.7 Å². The highest BCUT2D eigenvalue weighted by molar-refractivity contribution is 7.89. The van der Waals surface area contributed by atoms with Crippen LogP contribution in [-0.4, -0.2) is 61.2 Å². The number of fused-ring (bicyclic) bond motifs is 1. The summed E-state index contributed by atoms with van der Waals surface area (Å²) >= 11 is 0. The zero-order chi connectivity index (χ0) is 19.7. The minimum Gasteiger partial charge on any atom is -0.472 e. The normalized spacial score (nSPS) is 17.7. The van der Waals surface area contributed by atoms with Gasteiger partial charge in [-0.15, -0.1) is 10.2 Å². The van der Waals surface area contributed by atoms with E-state index in [0.717, 1.165) is 11.2 Å². The second-order valence-electron chi connectivity index (χ2n) is 6.85. The molecule has 1 atom stereocenters. The van der Waals surface area contributed by atoms with Gasteiger partial charge in [0.2, 0.25) is 15.9 Å². The molecule has 1 aliphatic heterocycles. The number of ether oxygens (including phenoxy) is 1. The zero-order valence-corrected chi connectivity index (χ0v) is 16.5. The Morgan fingerprint density at radius 2 is 1.93 bits per heavy atom. The highest BCUT2D eigenvalue weighted by atomic mass is 32.2. The highest BCUT2D eigenvalue weighted by Gasteiger charge is 2.35. The van der Waals surface area contributed by atoms with E-state index in [0.29, 0.717) is 24.4 Å². The number of aromatic nitrogens is 3. The third-order valence-corrected chi connectivity index (χ3v) is 6.59. The second kappa shape index (κ2) is 7.33. The van der Waals surface area contributed by atoms with Gasteiger partial charge in [0, 0.05) is 38.3 Å². The van der Waals surface area contributed by atoms with E-state index in [-0.39, 0.29) is 17.5 Å². The first-order chi connectivity index (χ1) is 13.4. The van der Waals surface area contributed by atoms with Gasteiger partial charge in [0.05, 0.1) is 12.1 Å². The van der Waals surface area contributed by atoms with E-state index < -0.39 is 10.0 Å². The second-order valence-corrected chi connectivity index (χ2v) is 8.75. The van der Waals surface area contributed by atoms with Crippen molar-refractivity contribution in [2.75, 3.05) is 32.1 Å². The Balaban J connectivity index is 1.51. The minimum atomic E-state index is -3.66. The van der Waals surface area contributed by atoms with Crippen molar-refractivity contribution in [2.45, 2.75) is 17.4 Å². The quantitative estimate of drug-likeness (QED) is 0.648. The molecular weight excluding hydrogens is 378 g/mol. The van der Waals surface area contributed by atoms with Crippen molar-refractivity contribution in [3.05, 3.63) is 48.7 Å². The molecule has 3 heterocycles. The van der Waals surface area contributed by atoms with E-state index in [9.17, 15) is 8.42 Å². The van der Waals surface area contributed by atoms with Crippen molar-refractivity contribution in [3.8, 4) is 5.88 Å². The molecule has 0 N–H and O–H groups in total. The minimum absolute atomic E-state index is 0.223. The van der Waals surface area contributed by atoms with Crippen molar-refractivity contribution in [1.29, 1.82) is 0 Å². The van der Waals surface area contributed by atoms with Crippen LogP contribution in [0.3, 0.4) is 0 Å². The molecular formula is C19H21N5O3S. The van der Waals surface area contributed by atoms with Crippen LogP contribution in [-0.2, 0) is 10.0 Å². The largest absolute Gasteiger partial charge is 0.472 e. The van der Waals surface area contributed by atoms with Gasteiger partial charge >= 0.3 is 0 Å². The Hall–Kier alpha value is -2.78. The molecule has 1 saturated heterocycles. The van der Waals surface area contributed by atoms with Crippen LogP contribution < -0.4 is 9.64 Å². The summed E-state index contributed by atoms with van der Waals surface area (Å²) < 4.78 is 33.6. The number of benzene rings is 1. The van der Waals surface area contributed by atoms with Crippen molar-refractivity contribution in [3.63, 3.8) is 0 Å². The van der Waals surface area contributed by atoms with E-state index in [1.54, 1.807) is 30.5 Å². The lowest BCUT2D eigenvalue weighted by Crippen LogP contribution is -2.31. The Bertz CT molecular complexity index is 1080. The molecule has 4 rings (SSSR count). The van der Waals surface area contributed by atoms with Gasteiger partial charge in [-0.25, -0.2) is 8.42 Å². The molecule has 0 spiro atoms. The van der Waals surface area contributed by atoms with Gasteiger partial charge in [0.25, 0.3) is 0 Å². The fourth-order valence-electron chi connectivity index (χ4n) is 3.22. The molecule has 1 aromatic carbocycles. The molecule has 3 aromatic rings. The molecule has 1 aliphatic rings. The molecule has 8 nitrogen and oxygen atoms in total. The third kappa shape index (κ3) is 3.50. The molecule has 0 bridgehead atoms. The van der Waals surface area contributed by atoms with Gasteiger partial charge in [-0.2, -0.15) is 4.31 Å². The Morgan fingerprint density at radius 3 is 2.68 bits per heavy atom. The van der Waals surface area contributed by atoms with Gasteiger partial charge in [-0.3, -0.25) is 4.98 Å². The number of nitrogens with zero attached hydrogens (tertiary/aromatic N) is 5. The average Bonchev–Trinajstić information content (AvgIpc) is 3.17. The lowest BCUT2D eigenvalue weighted by molar-refractivity contribution is 0.205. The Labute approximate surface area is 163 Å². The number of rotatable bonds is 5. The standard InChI is InChI=1S/C19H21N5O3S/c1-23(2)17-8-9-18(22-21-17)27-15-10-12-24(13-15)28(25,26)16-7-3-5-14-6-4-11-20-19(14)16/h3-9,11,15H,10,12-13H2,1-2H3. The maximum atomic E-state index is 13.2. The number of sulfonamides is 1. The topological polar surface area (TPSA) is 88.5 Å². The summed E-state index contributed by atoms with van der Waals surface area (Å²) in [7, 11) is 0.102. The number of hydrogen-bond donors (Lipinski definition) is 0. The van der Waals surface area contributed by atoms with E-state index in [1.165, 1.54) is 4.31 Å². The van der Waals surface area contributed by atoms with Gasteiger partial charge in [-0.05, 0) is 24.6 Å². The van der Waals surface area contributed by atoms with Gasteiger partial charge in [0.1, 0.15) is 11.0 Å². The SMILES string of the molecule is CN(C)c1ccc(OC2CCN(S(=O)(=O)c3cccc4cccnc34)C2)nn1. The van der Waals surface area contributed by atoms with Gasteiger partial charge in [0.15, 0.2) is 5.82 Å². The molecule has 1 fully saturated rings. The van der Waals surface area contributed by atoms with E-state index in [4.69, 9.17) is 4.74 Å². The lowest BCUT2D eigenvalue weighted by atomic mass is 10.2. The van der Waals surface area contributed by atoms with Crippen LogP contribution in [0.5, 0.6) is 5.88 Å². The van der Waals surface area contributed by atoms with Gasteiger partial charge < -0.3 is 9.64 Å². The predicted molar refractivity (Wildman–Crippen MR) is 106 cm³/mol. The summed E-state index contributed by atoms with van der Waals surface area (Å²) in [6.07, 6.45) is 1.93. The number of anilines is 1. The van der Waals surface area contributed by atoms with E-state index in [2.05, 4.69) is 15.2 Å². The molecule has 0 aliphatic carbocycles.